The monoisotopic (exact) mass is 531 g/mol. The van der Waals surface area contributed by atoms with Gasteiger partial charge in [0.2, 0.25) is 16.8 Å². The number of aliphatic hydroxyl groups excluding tert-OH is 1. The maximum Gasteiger partial charge on any atom is 0.243 e. The van der Waals surface area contributed by atoms with Gasteiger partial charge >= 0.3 is 0 Å². The Morgan fingerprint density at radius 1 is 1.25 bits per heavy atom. The zero-order chi connectivity index (χ0) is 25.4. The Hall–Kier alpha value is -2.70. The van der Waals surface area contributed by atoms with E-state index >= 15 is 0 Å². The number of nitrogens with zero attached hydrogens (tertiary/aromatic N) is 2. The Bertz CT molecular complexity index is 1340. The van der Waals surface area contributed by atoms with Crippen LogP contribution >= 0.6 is 11.3 Å². The fourth-order valence-electron chi connectivity index (χ4n) is 4.47. The number of fused-ring (bicyclic) bond motifs is 2. The number of thiazole rings is 1. The number of ether oxygens (including phenoxy) is 3. The van der Waals surface area contributed by atoms with Crippen molar-refractivity contribution in [2.45, 2.75) is 49.8 Å². The minimum Gasteiger partial charge on any atom is -0.487 e. The molecule has 192 valence electrons. The Balaban J connectivity index is 1.20. The molecule has 0 bridgehead atoms. The van der Waals surface area contributed by atoms with Gasteiger partial charge in [0.05, 0.1) is 21.7 Å². The molecule has 1 aromatic heterocycles. The number of sulfonamides is 1. The summed E-state index contributed by atoms with van der Waals surface area (Å²) in [6, 6.07) is 10.1. The number of aromatic nitrogens is 1. The third-order valence-corrected chi connectivity index (χ3v) is 9.17. The van der Waals surface area contributed by atoms with Gasteiger partial charge < -0.3 is 25.1 Å². The minimum absolute atomic E-state index is 0.0674. The van der Waals surface area contributed by atoms with Crippen LogP contribution in [0, 0.1) is 6.92 Å². The molecule has 2 aliphatic rings. The van der Waals surface area contributed by atoms with Crippen molar-refractivity contribution in [3.05, 3.63) is 63.6 Å². The van der Waals surface area contributed by atoms with Gasteiger partial charge in [-0.1, -0.05) is 19.1 Å². The molecule has 3 N–H and O–H groups in total. The molecule has 2 aliphatic heterocycles. The van der Waals surface area contributed by atoms with Gasteiger partial charge in [-0.2, -0.15) is 4.31 Å². The van der Waals surface area contributed by atoms with E-state index in [4.69, 9.17) is 19.9 Å². The van der Waals surface area contributed by atoms with Crippen molar-refractivity contribution in [2.75, 3.05) is 19.9 Å². The van der Waals surface area contributed by atoms with Crippen molar-refractivity contribution in [1.82, 2.24) is 9.29 Å². The van der Waals surface area contributed by atoms with Crippen LogP contribution in [0.25, 0.3) is 0 Å². The number of rotatable bonds is 8. The summed E-state index contributed by atoms with van der Waals surface area (Å²) < 4.78 is 44.5. The molecular formula is C25H29N3O6S2. The van der Waals surface area contributed by atoms with Crippen molar-refractivity contribution in [3.8, 4) is 17.2 Å². The number of hydrogen-bond donors (Lipinski definition) is 2. The molecule has 2 aromatic carbocycles. The maximum absolute atomic E-state index is 13.3. The van der Waals surface area contributed by atoms with Crippen molar-refractivity contribution in [1.29, 1.82) is 0 Å². The van der Waals surface area contributed by atoms with Crippen LogP contribution in [0.1, 0.15) is 34.7 Å². The largest absolute Gasteiger partial charge is 0.487 e. The number of β-amino-alcohol motifs (C(OH)–C–C–N with tert-alkyl or cyclic N) is 1. The van der Waals surface area contributed by atoms with Crippen molar-refractivity contribution in [2.24, 2.45) is 5.73 Å². The summed E-state index contributed by atoms with van der Waals surface area (Å²) in [7, 11) is -3.81. The first kappa shape index (κ1) is 25.0. The summed E-state index contributed by atoms with van der Waals surface area (Å²) in [4.78, 5) is 4.57. The molecule has 3 heterocycles. The maximum atomic E-state index is 13.3. The first-order valence-corrected chi connectivity index (χ1v) is 14.0. The quantitative estimate of drug-likeness (QED) is 0.455. The lowest BCUT2D eigenvalue weighted by atomic mass is 9.99. The summed E-state index contributed by atoms with van der Waals surface area (Å²) in [5, 5.41) is 13.8. The number of nitrogens with two attached hydrogens (primary N) is 1. The average Bonchev–Trinajstić information content (AvgIpc) is 3.49. The minimum atomic E-state index is -3.81. The van der Waals surface area contributed by atoms with E-state index in [0.29, 0.717) is 35.8 Å². The number of aryl methyl sites for hydroxylation is 1. The molecule has 0 amide bonds. The van der Waals surface area contributed by atoms with Gasteiger partial charge in [0.1, 0.15) is 12.4 Å². The molecule has 5 rings (SSSR count). The highest BCUT2D eigenvalue weighted by atomic mass is 32.2. The first-order valence-electron chi connectivity index (χ1n) is 11.7. The smallest absolute Gasteiger partial charge is 0.243 e. The van der Waals surface area contributed by atoms with Crippen LogP contribution in [0.15, 0.2) is 46.7 Å². The molecule has 3 unspecified atom stereocenters. The zero-order valence-electron chi connectivity index (χ0n) is 20.1. The SMILES string of the molecule is Cc1nc(COc2ccc(CC(N)C(O)CN3CC(C)c4cc5c(cc4S3(=O)=O)OCO5)cc2)cs1. The molecule has 0 saturated carbocycles. The van der Waals surface area contributed by atoms with E-state index < -0.39 is 22.2 Å². The summed E-state index contributed by atoms with van der Waals surface area (Å²) in [5.74, 6) is 1.62. The fourth-order valence-corrected chi connectivity index (χ4v) is 6.93. The van der Waals surface area contributed by atoms with Gasteiger partial charge in [0, 0.05) is 30.6 Å². The summed E-state index contributed by atoms with van der Waals surface area (Å²) >= 11 is 1.58. The lowest BCUT2D eigenvalue weighted by Crippen LogP contribution is -2.49. The zero-order valence-corrected chi connectivity index (χ0v) is 21.7. The molecule has 36 heavy (non-hydrogen) atoms. The molecule has 0 fully saturated rings. The third-order valence-electron chi connectivity index (χ3n) is 6.46. The van der Waals surface area contributed by atoms with Crippen molar-refractivity contribution >= 4 is 21.4 Å². The molecular weight excluding hydrogens is 502 g/mol. The predicted octanol–water partition coefficient (Wildman–Crippen LogP) is 2.80. The summed E-state index contributed by atoms with van der Waals surface area (Å²) in [5.41, 5.74) is 8.80. The van der Waals surface area contributed by atoms with Crippen LogP contribution in [0.5, 0.6) is 17.2 Å². The van der Waals surface area contributed by atoms with E-state index in [1.807, 2.05) is 43.5 Å². The van der Waals surface area contributed by atoms with E-state index in [-0.39, 0.29) is 30.7 Å². The van der Waals surface area contributed by atoms with Gasteiger partial charge in [0.25, 0.3) is 0 Å². The van der Waals surface area contributed by atoms with Gasteiger partial charge in [0.15, 0.2) is 11.5 Å². The van der Waals surface area contributed by atoms with Crippen LogP contribution in [0.4, 0.5) is 0 Å². The lowest BCUT2D eigenvalue weighted by Gasteiger charge is -2.34. The Morgan fingerprint density at radius 2 is 1.97 bits per heavy atom. The summed E-state index contributed by atoms with van der Waals surface area (Å²) in [6.45, 7) is 4.54. The number of aliphatic hydroxyl groups is 1. The molecule has 11 heteroatoms. The van der Waals surface area contributed by atoms with Crippen LogP contribution in [0.3, 0.4) is 0 Å². The first-order chi connectivity index (χ1) is 17.2. The number of hydrogen-bond acceptors (Lipinski definition) is 9. The number of benzene rings is 2. The summed E-state index contributed by atoms with van der Waals surface area (Å²) in [6.07, 6.45) is -0.641. The van der Waals surface area contributed by atoms with Crippen molar-refractivity contribution in [3.63, 3.8) is 0 Å². The Kier molecular flexibility index (Phi) is 6.92. The van der Waals surface area contributed by atoms with Gasteiger partial charge in [-0.05, 0) is 48.6 Å². The van der Waals surface area contributed by atoms with E-state index in [2.05, 4.69) is 4.98 Å². The molecule has 3 atom stereocenters. The van der Waals surface area contributed by atoms with Gasteiger partial charge in [-0.15, -0.1) is 11.3 Å². The highest BCUT2D eigenvalue weighted by Gasteiger charge is 2.38. The van der Waals surface area contributed by atoms with Crippen molar-refractivity contribution < 1.29 is 27.7 Å². The molecule has 0 aliphatic carbocycles. The third kappa shape index (κ3) is 5.07. The second-order valence-electron chi connectivity index (χ2n) is 9.19. The average molecular weight is 532 g/mol. The molecule has 9 nitrogen and oxygen atoms in total. The second-order valence-corrected chi connectivity index (χ2v) is 12.2. The highest BCUT2D eigenvalue weighted by molar-refractivity contribution is 7.89. The van der Waals surface area contributed by atoms with Gasteiger partial charge in [-0.25, -0.2) is 13.4 Å². The van der Waals surface area contributed by atoms with Crippen LogP contribution in [-0.2, 0) is 23.1 Å². The van der Waals surface area contributed by atoms with Crippen LogP contribution < -0.4 is 19.9 Å². The standard InChI is InChI=1S/C25H29N3O6S2/c1-15-10-28(36(30,31)25-9-24-23(8-20(15)25)33-14-34-24)11-22(29)21(26)7-17-3-5-19(6-4-17)32-12-18-13-35-16(2)27-18/h3-6,8-9,13,15,21-22,29H,7,10-12,14,26H2,1-2H3. The van der Waals surface area contributed by atoms with E-state index in [1.54, 1.807) is 17.4 Å². The Morgan fingerprint density at radius 3 is 2.67 bits per heavy atom. The molecule has 0 spiro atoms. The van der Waals surface area contributed by atoms with Crippen LogP contribution in [0.2, 0.25) is 0 Å². The predicted molar refractivity (Wildman–Crippen MR) is 135 cm³/mol. The van der Waals surface area contributed by atoms with E-state index in [0.717, 1.165) is 16.3 Å². The van der Waals surface area contributed by atoms with Crippen LogP contribution in [-0.4, -0.2) is 54.8 Å². The highest BCUT2D eigenvalue weighted by Crippen LogP contribution is 2.42. The van der Waals surface area contributed by atoms with E-state index in [1.165, 1.54) is 10.4 Å². The lowest BCUT2D eigenvalue weighted by molar-refractivity contribution is 0.116. The normalized spacial score (nSPS) is 20.1. The topological polar surface area (TPSA) is 124 Å². The molecule has 3 aromatic rings. The van der Waals surface area contributed by atoms with Gasteiger partial charge in [-0.3, -0.25) is 0 Å². The van der Waals surface area contributed by atoms with E-state index in [9.17, 15) is 13.5 Å². The molecule has 0 saturated heterocycles. The fraction of sp³-hybridized carbons (Fsp3) is 0.400. The molecule has 0 radical (unpaired) electrons. The second kappa shape index (κ2) is 9.98. The Labute approximate surface area is 214 Å².